The second kappa shape index (κ2) is 7.71. The number of hydrogen-bond acceptors (Lipinski definition) is 4. The van der Waals surface area contributed by atoms with Gasteiger partial charge in [0.1, 0.15) is 0 Å². The molecule has 0 radical (unpaired) electrons. The van der Waals surface area contributed by atoms with Crippen molar-refractivity contribution in [2.75, 3.05) is 23.5 Å². The van der Waals surface area contributed by atoms with E-state index in [1.165, 1.54) is 12.1 Å². The maximum absolute atomic E-state index is 13.3. The number of benzene rings is 2. The van der Waals surface area contributed by atoms with Gasteiger partial charge >= 0.3 is 18.1 Å². The fourth-order valence-corrected chi connectivity index (χ4v) is 3.29. The molecule has 5 nitrogen and oxygen atoms in total. The van der Waals surface area contributed by atoms with Gasteiger partial charge in [0.05, 0.1) is 12.8 Å². The van der Waals surface area contributed by atoms with Gasteiger partial charge in [0.15, 0.2) is 6.04 Å². The van der Waals surface area contributed by atoms with Gasteiger partial charge < -0.3 is 9.64 Å². The molecule has 148 valence electrons. The van der Waals surface area contributed by atoms with Crippen LogP contribution in [0, 0.1) is 0 Å². The van der Waals surface area contributed by atoms with Crippen LogP contribution in [-0.2, 0) is 20.9 Å². The molecule has 0 aliphatic carbocycles. The van der Waals surface area contributed by atoms with E-state index in [2.05, 4.69) is 0 Å². The van der Waals surface area contributed by atoms with Gasteiger partial charge in [0.2, 0.25) is 0 Å². The van der Waals surface area contributed by atoms with E-state index in [1.807, 2.05) is 0 Å². The highest BCUT2D eigenvalue weighted by Gasteiger charge is 2.49. The predicted molar refractivity (Wildman–Crippen MR) is 98.3 cm³/mol. The average molecular weight is 413 g/mol. The summed E-state index contributed by atoms with van der Waals surface area (Å²) >= 11 is 5.91. The number of methoxy groups -OCH3 is 1. The maximum atomic E-state index is 13.3. The first-order valence-corrected chi connectivity index (χ1v) is 8.67. The summed E-state index contributed by atoms with van der Waals surface area (Å²) < 4.78 is 44.6. The van der Waals surface area contributed by atoms with Crippen molar-refractivity contribution in [2.24, 2.45) is 0 Å². The first-order chi connectivity index (χ1) is 13.2. The molecular weight excluding hydrogens is 397 g/mol. The topological polar surface area (TPSA) is 49.9 Å². The van der Waals surface area contributed by atoms with E-state index in [9.17, 15) is 22.8 Å². The predicted octanol–water partition coefficient (Wildman–Crippen LogP) is 3.80. The minimum Gasteiger partial charge on any atom is -0.467 e. The van der Waals surface area contributed by atoms with Gasteiger partial charge in [-0.1, -0.05) is 29.8 Å². The molecule has 2 aromatic carbocycles. The minimum absolute atomic E-state index is 0.0247. The molecule has 0 saturated heterocycles. The molecule has 0 spiro atoms. The maximum Gasteiger partial charge on any atom is 0.471 e. The Morgan fingerprint density at radius 2 is 1.75 bits per heavy atom. The Kier molecular flexibility index (Phi) is 5.51. The highest BCUT2D eigenvalue weighted by molar-refractivity contribution is 6.30. The smallest absolute Gasteiger partial charge is 0.467 e. The lowest BCUT2D eigenvalue weighted by Gasteiger charge is -2.31. The summed E-state index contributed by atoms with van der Waals surface area (Å²) in [6, 6.07) is 11.4. The third kappa shape index (κ3) is 3.91. The number of para-hydroxylation sites is 1. The Morgan fingerprint density at radius 3 is 2.36 bits per heavy atom. The summed E-state index contributed by atoms with van der Waals surface area (Å²) in [6.45, 7) is 0.0255. The van der Waals surface area contributed by atoms with Gasteiger partial charge in [-0.05, 0) is 35.9 Å². The summed E-state index contributed by atoms with van der Waals surface area (Å²) in [6.07, 6.45) is -5.14. The van der Waals surface area contributed by atoms with Crippen molar-refractivity contribution in [2.45, 2.75) is 18.8 Å². The number of fused-ring (bicyclic) bond motifs is 1. The lowest BCUT2D eigenvalue weighted by molar-refractivity contribution is -0.171. The Hall–Kier alpha value is -2.74. The number of nitrogens with zero attached hydrogens (tertiary/aromatic N) is 2. The fraction of sp³-hybridized carbons (Fsp3) is 0.263. The lowest BCUT2D eigenvalue weighted by Crippen LogP contribution is -2.54. The van der Waals surface area contributed by atoms with Crippen molar-refractivity contribution < 1.29 is 27.5 Å². The standard InChI is InChI=1S/C19H16ClF3N2O3/c1-28-17(26)16-11-24(14-8-6-13(20)7-9-14)10-12-4-2-3-5-15(12)25(16)18(27)19(21,22)23/h2-9,16H,10-11H2,1H3. The molecule has 1 aliphatic heterocycles. The first kappa shape index (κ1) is 20.0. The number of esters is 1. The number of ether oxygens (including phenoxy) is 1. The van der Waals surface area contributed by atoms with Crippen molar-refractivity contribution in [1.29, 1.82) is 0 Å². The van der Waals surface area contributed by atoms with Gasteiger partial charge in [-0.2, -0.15) is 13.2 Å². The number of hydrogen-bond donors (Lipinski definition) is 0. The summed E-state index contributed by atoms with van der Waals surface area (Å²) in [5, 5.41) is 0.498. The van der Waals surface area contributed by atoms with Gasteiger partial charge in [-0.25, -0.2) is 4.79 Å². The number of amides is 1. The minimum atomic E-state index is -5.14. The van der Waals surface area contributed by atoms with Crippen LogP contribution >= 0.6 is 11.6 Å². The second-order valence-corrected chi connectivity index (χ2v) is 6.63. The second-order valence-electron chi connectivity index (χ2n) is 6.20. The van der Waals surface area contributed by atoms with Gasteiger partial charge in [0.25, 0.3) is 0 Å². The molecular formula is C19H16ClF3N2O3. The molecule has 1 unspecified atom stereocenters. The van der Waals surface area contributed by atoms with E-state index >= 15 is 0 Å². The molecule has 0 fully saturated rings. The van der Waals surface area contributed by atoms with Crippen LogP contribution in [-0.4, -0.2) is 37.7 Å². The van der Waals surface area contributed by atoms with Crippen LogP contribution in [0.3, 0.4) is 0 Å². The molecule has 9 heteroatoms. The molecule has 28 heavy (non-hydrogen) atoms. The Balaban J connectivity index is 2.14. The van der Waals surface area contributed by atoms with E-state index in [0.29, 0.717) is 21.2 Å². The number of alkyl halides is 3. The van der Waals surface area contributed by atoms with Crippen LogP contribution in [0.5, 0.6) is 0 Å². The normalized spacial score (nSPS) is 17.0. The molecule has 3 rings (SSSR count). The number of halogens is 4. The highest BCUT2D eigenvalue weighted by Crippen LogP contribution is 2.34. The van der Waals surface area contributed by atoms with Crippen LogP contribution in [0.1, 0.15) is 5.56 Å². The molecule has 0 aromatic heterocycles. The van der Waals surface area contributed by atoms with E-state index < -0.39 is 24.1 Å². The molecule has 2 aromatic rings. The largest absolute Gasteiger partial charge is 0.471 e. The molecule has 1 amide bonds. The Labute approximate surface area is 164 Å². The van der Waals surface area contributed by atoms with Gasteiger partial charge in [-0.3, -0.25) is 9.69 Å². The summed E-state index contributed by atoms with van der Waals surface area (Å²) in [4.78, 5) is 26.8. The number of anilines is 2. The van der Waals surface area contributed by atoms with Crippen LogP contribution in [0.4, 0.5) is 24.5 Å². The number of rotatable bonds is 2. The molecule has 0 N–H and O–H groups in total. The highest BCUT2D eigenvalue weighted by atomic mass is 35.5. The van der Waals surface area contributed by atoms with E-state index in [0.717, 1.165) is 7.11 Å². The van der Waals surface area contributed by atoms with Crippen LogP contribution < -0.4 is 9.80 Å². The van der Waals surface area contributed by atoms with Gasteiger partial charge in [0, 0.05) is 23.8 Å². The number of carbonyl (C=O) groups is 2. The van der Waals surface area contributed by atoms with Crippen molar-refractivity contribution >= 4 is 34.9 Å². The molecule has 1 atom stereocenters. The van der Waals surface area contributed by atoms with Crippen molar-refractivity contribution in [3.05, 3.63) is 59.1 Å². The first-order valence-electron chi connectivity index (χ1n) is 8.29. The molecule has 0 saturated carbocycles. The zero-order valence-corrected chi connectivity index (χ0v) is 15.5. The molecule has 1 aliphatic rings. The van der Waals surface area contributed by atoms with Crippen LogP contribution in [0.25, 0.3) is 0 Å². The lowest BCUT2D eigenvalue weighted by atomic mass is 10.1. The third-order valence-electron chi connectivity index (χ3n) is 4.44. The molecule has 0 bridgehead atoms. The monoisotopic (exact) mass is 412 g/mol. The Morgan fingerprint density at radius 1 is 1.11 bits per heavy atom. The fourth-order valence-electron chi connectivity index (χ4n) is 3.16. The van der Waals surface area contributed by atoms with Crippen molar-refractivity contribution in [3.8, 4) is 0 Å². The van der Waals surface area contributed by atoms with E-state index in [1.54, 1.807) is 41.3 Å². The quantitative estimate of drug-likeness (QED) is 0.704. The zero-order valence-electron chi connectivity index (χ0n) is 14.7. The number of carbonyl (C=O) groups excluding carboxylic acids is 2. The summed E-state index contributed by atoms with van der Waals surface area (Å²) in [5.41, 5.74) is 1.15. The van der Waals surface area contributed by atoms with Crippen molar-refractivity contribution in [1.82, 2.24) is 0 Å². The average Bonchev–Trinajstić information content (AvgIpc) is 2.83. The summed E-state index contributed by atoms with van der Waals surface area (Å²) in [5.74, 6) is -3.05. The summed E-state index contributed by atoms with van der Waals surface area (Å²) in [7, 11) is 1.07. The van der Waals surface area contributed by atoms with Crippen molar-refractivity contribution in [3.63, 3.8) is 0 Å². The third-order valence-corrected chi connectivity index (χ3v) is 4.70. The molecule has 1 heterocycles. The van der Waals surface area contributed by atoms with E-state index in [4.69, 9.17) is 16.3 Å². The zero-order chi connectivity index (χ0) is 20.5. The Bertz CT molecular complexity index is 887. The van der Waals surface area contributed by atoms with Crippen LogP contribution in [0.2, 0.25) is 5.02 Å². The van der Waals surface area contributed by atoms with E-state index in [-0.39, 0.29) is 18.8 Å². The SMILES string of the molecule is COC(=O)C1CN(c2ccc(Cl)cc2)Cc2ccccc2N1C(=O)C(F)(F)F. The van der Waals surface area contributed by atoms with Crippen LogP contribution in [0.15, 0.2) is 48.5 Å². The van der Waals surface area contributed by atoms with Gasteiger partial charge in [-0.15, -0.1) is 0 Å².